The quantitative estimate of drug-likeness (QED) is 0.744. The van der Waals surface area contributed by atoms with E-state index in [1.165, 1.54) is 23.5 Å². The number of thiazole rings is 1. The van der Waals surface area contributed by atoms with E-state index in [-0.39, 0.29) is 5.82 Å². The molecule has 0 amide bonds. The van der Waals surface area contributed by atoms with Crippen LogP contribution in [-0.4, -0.2) is 15.2 Å². The van der Waals surface area contributed by atoms with E-state index >= 15 is 0 Å². The van der Waals surface area contributed by atoms with Crippen LogP contribution in [-0.2, 0) is 0 Å². The molecule has 6 heteroatoms. The van der Waals surface area contributed by atoms with E-state index in [2.05, 4.69) is 15.2 Å². The van der Waals surface area contributed by atoms with Crippen LogP contribution in [0.25, 0.3) is 21.8 Å². The molecule has 0 aliphatic rings. The highest BCUT2D eigenvalue weighted by atomic mass is 32.1. The summed E-state index contributed by atoms with van der Waals surface area (Å²) in [4.78, 5) is 4.47. The van der Waals surface area contributed by atoms with Crippen molar-refractivity contribution < 1.29 is 4.39 Å². The van der Waals surface area contributed by atoms with E-state index in [9.17, 15) is 4.39 Å². The summed E-state index contributed by atoms with van der Waals surface area (Å²) in [7, 11) is 0. The number of aromatic amines is 1. The van der Waals surface area contributed by atoms with Gasteiger partial charge in [0.05, 0.1) is 17.5 Å². The number of nitrogen functional groups attached to an aromatic ring is 1. The minimum absolute atomic E-state index is 0.256. The van der Waals surface area contributed by atoms with E-state index in [0.717, 1.165) is 21.8 Å². The van der Waals surface area contributed by atoms with Gasteiger partial charge in [-0.15, -0.1) is 11.3 Å². The molecular weight excluding hydrogens is 251 g/mol. The second kappa shape index (κ2) is 4.23. The highest BCUT2D eigenvalue weighted by Gasteiger charge is 2.10. The summed E-state index contributed by atoms with van der Waals surface area (Å²) in [6.07, 6.45) is 1.64. The molecule has 18 heavy (non-hydrogen) atoms. The van der Waals surface area contributed by atoms with Crippen LogP contribution < -0.4 is 5.73 Å². The first-order valence-electron chi connectivity index (χ1n) is 5.25. The number of nitrogens with zero attached hydrogens (tertiary/aromatic N) is 2. The number of anilines is 1. The maximum atomic E-state index is 12.8. The molecule has 0 aliphatic heterocycles. The zero-order valence-corrected chi connectivity index (χ0v) is 10.0. The lowest BCUT2D eigenvalue weighted by molar-refractivity contribution is 0.628. The summed E-state index contributed by atoms with van der Waals surface area (Å²) in [6.45, 7) is 0. The minimum atomic E-state index is -0.256. The van der Waals surface area contributed by atoms with Crippen molar-refractivity contribution in [3.05, 3.63) is 41.7 Å². The lowest BCUT2D eigenvalue weighted by Gasteiger charge is -1.95. The molecule has 0 saturated heterocycles. The lowest BCUT2D eigenvalue weighted by atomic mass is 10.2. The summed E-state index contributed by atoms with van der Waals surface area (Å²) in [5, 5.41) is 9.23. The van der Waals surface area contributed by atoms with Crippen LogP contribution in [0.2, 0.25) is 0 Å². The molecule has 4 nitrogen and oxygen atoms in total. The van der Waals surface area contributed by atoms with Gasteiger partial charge in [0.2, 0.25) is 0 Å². The molecule has 0 radical (unpaired) electrons. The molecule has 3 N–H and O–H groups in total. The van der Waals surface area contributed by atoms with E-state index in [0.29, 0.717) is 5.82 Å². The van der Waals surface area contributed by atoms with Crippen LogP contribution in [0.1, 0.15) is 0 Å². The number of H-pyrrole nitrogens is 1. The first-order valence-corrected chi connectivity index (χ1v) is 6.12. The first-order chi connectivity index (χ1) is 8.74. The maximum Gasteiger partial charge on any atom is 0.129 e. The number of hydrogen-bond donors (Lipinski definition) is 2. The van der Waals surface area contributed by atoms with Gasteiger partial charge in [0.15, 0.2) is 0 Å². The van der Waals surface area contributed by atoms with Crippen molar-refractivity contribution >= 4 is 17.2 Å². The smallest absolute Gasteiger partial charge is 0.129 e. The van der Waals surface area contributed by atoms with Crippen molar-refractivity contribution in [2.45, 2.75) is 0 Å². The van der Waals surface area contributed by atoms with Crippen LogP contribution in [0.3, 0.4) is 0 Å². The molecule has 0 spiro atoms. The van der Waals surface area contributed by atoms with Crippen molar-refractivity contribution in [2.24, 2.45) is 0 Å². The topological polar surface area (TPSA) is 67.6 Å². The van der Waals surface area contributed by atoms with E-state index < -0.39 is 0 Å². The third-order valence-corrected chi connectivity index (χ3v) is 3.42. The molecule has 2 heterocycles. The molecule has 3 rings (SSSR count). The zero-order chi connectivity index (χ0) is 12.5. The SMILES string of the molecule is Nc1[nH]ncc1-c1nc(-c2ccc(F)cc2)cs1. The minimum Gasteiger partial charge on any atom is -0.383 e. The molecule has 0 atom stereocenters. The average molecular weight is 260 g/mol. The molecule has 90 valence electrons. The average Bonchev–Trinajstić information content (AvgIpc) is 2.98. The van der Waals surface area contributed by atoms with Crippen molar-refractivity contribution in [2.75, 3.05) is 5.73 Å². The largest absolute Gasteiger partial charge is 0.383 e. The zero-order valence-electron chi connectivity index (χ0n) is 9.22. The summed E-state index contributed by atoms with van der Waals surface area (Å²) < 4.78 is 12.8. The molecule has 1 aromatic carbocycles. The number of nitrogens with one attached hydrogen (secondary N) is 1. The molecule has 0 saturated carbocycles. The Labute approximate surface area is 106 Å². The highest BCUT2D eigenvalue weighted by molar-refractivity contribution is 7.13. The van der Waals surface area contributed by atoms with Crippen LogP contribution in [0, 0.1) is 5.82 Å². The van der Waals surface area contributed by atoms with Gasteiger partial charge in [-0.25, -0.2) is 9.37 Å². The molecule has 0 fully saturated rings. The summed E-state index contributed by atoms with van der Waals surface area (Å²) in [6, 6.07) is 6.24. The second-order valence-corrected chi connectivity index (χ2v) is 4.60. The molecule has 3 aromatic rings. The van der Waals surface area contributed by atoms with Gasteiger partial charge in [0.1, 0.15) is 16.6 Å². The molecule has 0 aliphatic carbocycles. The van der Waals surface area contributed by atoms with Gasteiger partial charge in [-0.05, 0) is 24.3 Å². The van der Waals surface area contributed by atoms with Crippen molar-refractivity contribution in [1.29, 1.82) is 0 Å². The van der Waals surface area contributed by atoms with Gasteiger partial charge >= 0.3 is 0 Å². The molecule has 0 bridgehead atoms. The van der Waals surface area contributed by atoms with Gasteiger partial charge < -0.3 is 5.73 Å². The van der Waals surface area contributed by atoms with E-state index in [1.807, 2.05) is 5.38 Å². The Kier molecular flexibility index (Phi) is 2.56. The van der Waals surface area contributed by atoms with E-state index in [4.69, 9.17) is 5.73 Å². The number of benzene rings is 1. The molecule has 0 unspecified atom stereocenters. The van der Waals surface area contributed by atoms with Crippen molar-refractivity contribution in [3.63, 3.8) is 0 Å². The van der Waals surface area contributed by atoms with Gasteiger partial charge in [0.25, 0.3) is 0 Å². The van der Waals surface area contributed by atoms with Crippen molar-refractivity contribution in [1.82, 2.24) is 15.2 Å². The standard InChI is InChI=1S/C12H9FN4S/c13-8-3-1-7(2-4-8)10-6-18-12(16-10)9-5-15-17-11(9)14/h1-6H,(H3,14,15,17). The van der Waals surface area contributed by atoms with Gasteiger partial charge in [-0.2, -0.15) is 5.10 Å². The Balaban J connectivity index is 1.99. The summed E-state index contributed by atoms with van der Waals surface area (Å²) >= 11 is 1.48. The van der Waals surface area contributed by atoms with Crippen molar-refractivity contribution in [3.8, 4) is 21.8 Å². The van der Waals surface area contributed by atoms with Gasteiger partial charge in [-0.3, -0.25) is 5.10 Å². The normalized spacial score (nSPS) is 10.7. The first kappa shape index (κ1) is 10.9. The molecule has 2 aromatic heterocycles. The predicted octanol–water partition coefficient (Wildman–Crippen LogP) is 2.92. The van der Waals surface area contributed by atoms with Crippen LogP contribution in [0.4, 0.5) is 10.2 Å². The Hall–Kier alpha value is -2.21. The summed E-state index contributed by atoms with van der Waals surface area (Å²) in [5.41, 5.74) is 8.20. The van der Waals surface area contributed by atoms with Gasteiger partial charge in [-0.1, -0.05) is 0 Å². The third kappa shape index (κ3) is 1.86. The maximum absolute atomic E-state index is 12.8. The fourth-order valence-electron chi connectivity index (χ4n) is 1.62. The number of aromatic nitrogens is 3. The fourth-order valence-corrected chi connectivity index (χ4v) is 2.47. The Bertz CT molecular complexity index is 671. The monoisotopic (exact) mass is 260 g/mol. The highest BCUT2D eigenvalue weighted by Crippen LogP contribution is 2.30. The lowest BCUT2D eigenvalue weighted by Crippen LogP contribution is -1.87. The van der Waals surface area contributed by atoms with Crippen LogP contribution >= 0.6 is 11.3 Å². The third-order valence-electron chi connectivity index (χ3n) is 2.54. The fraction of sp³-hybridized carbons (Fsp3) is 0. The van der Waals surface area contributed by atoms with E-state index in [1.54, 1.807) is 18.3 Å². The molecular formula is C12H9FN4S. The van der Waals surface area contributed by atoms with Gasteiger partial charge in [0, 0.05) is 10.9 Å². The number of nitrogens with two attached hydrogens (primary N) is 1. The number of rotatable bonds is 2. The summed E-state index contributed by atoms with van der Waals surface area (Å²) in [5.74, 6) is 0.239. The Morgan fingerprint density at radius 3 is 2.67 bits per heavy atom. The number of hydrogen-bond acceptors (Lipinski definition) is 4. The van der Waals surface area contributed by atoms with Crippen LogP contribution in [0.15, 0.2) is 35.8 Å². The van der Waals surface area contributed by atoms with Crippen LogP contribution in [0.5, 0.6) is 0 Å². The predicted molar refractivity (Wildman–Crippen MR) is 69.5 cm³/mol. The second-order valence-electron chi connectivity index (χ2n) is 3.74. The number of halogens is 1. The Morgan fingerprint density at radius 2 is 2.00 bits per heavy atom. The Morgan fingerprint density at radius 1 is 1.22 bits per heavy atom.